The van der Waals surface area contributed by atoms with E-state index in [-0.39, 0.29) is 29.6 Å². The topological polar surface area (TPSA) is 69.0 Å². The van der Waals surface area contributed by atoms with Gasteiger partial charge in [0.05, 0.1) is 5.75 Å². The minimum absolute atomic E-state index is 0.0211. The van der Waals surface area contributed by atoms with E-state index in [0.29, 0.717) is 23.3 Å². The maximum absolute atomic E-state index is 13.0. The number of hydrogen-bond donors (Lipinski definition) is 1. The van der Waals surface area contributed by atoms with E-state index in [0.717, 1.165) is 6.42 Å². The average Bonchev–Trinajstić information content (AvgIpc) is 3.04. The van der Waals surface area contributed by atoms with E-state index in [1.54, 1.807) is 12.1 Å². The molecule has 2 rings (SSSR count). The molecule has 1 aromatic heterocycles. The lowest BCUT2D eigenvalue weighted by Crippen LogP contribution is -2.33. The first-order chi connectivity index (χ1) is 12.4. The Labute approximate surface area is 157 Å². The molecular weight excluding hydrogens is 355 g/mol. The summed E-state index contributed by atoms with van der Waals surface area (Å²) >= 11 is 1.35. The van der Waals surface area contributed by atoms with Crippen molar-refractivity contribution in [2.24, 2.45) is 0 Å². The third-order valence-corrected chi connectivity index (χ3v) is 4.87. The number of nitrogens with zero attached hydrogens (tertiary/aromatic N) is 3. The Bertz CT molecular complexity index is 720. The maximum atomic E-state index is 13.0. The number of nitrogens with one attached hydrogen (secondary N) is 1. The SMILES string of the molecule is CCC(C)NC(=O)CSc1nnc(C(C)Oc2ccc(F)cc2)n1CC. The molecule has 0 aliphatic carbocycles. The smallest absolute Gasteiger partial charge is 0.230 e. The van der Waals surface area contributed by atoms with Crippen LogP contribution in [0, 0.1) is 5.82 Å². The molecule has 1 heterocycles. The summed E-state index contributed by atoms with van der Waals surface area (Å²) in [6.45, 7) is 8.52. The molecule has 1 amide bonds. The first-order valence-electron chi connectivity index (χ1n) is 8.72. The number of amides is 1. The van der Waals surface area contributed by atoms with Gasteiger partial charge in [-0.2, -0.15) is 0 Å². The molecule has 0 bridgehead atoms. The summed E-state index contributed by atoms with van der Waals surface area (Å²) in [6.07, 6.45) is 0.542. The predicted molar refractivity (Wildman–Crippen MR) is 99.8 cm³/mol. The first-order valence-corrected chi connectivity index (χ1v) is 9.70. The van der Waals surface area contributed by atoms with Crippen molar-refractivity contribution in [3.63, 3.8) is 0 Å². The molecule has 0 aliphatic rings. The van der Waals surface area contributed by atoms with Gasteiger partial charge in [0.1, 0.15) is 11.6 Å². The summed E-state index contributed by atoms with van der Waals surface area (Å²) in [5, 5.41) is 12.0. The van der Waals surface area contributed by atoms with E-state index in [1.165, 1.54) is 23.9 Å². The van der Waals surface area contributed by atoms with Gasteiger partial charge in [0.2, 0.25) is 5.91 Å². The number of carbonyl (C=O) groups excluding carboxylic acids is 1. The number of thioether (sulfide) groups is 1. The number of carbonyl (C=O) groups is 1. The van der Waals surface area contributed by atoms with Crippen LogP contribution in [0.25, 0.3) is 0 Å². The van der Waals surface area contributed by atoms with Gasteiger partial charge in [-0.25, -0.2) is 4.39 Å². The van der Waals surface area contributed by atoms with Crippen LogP contribution in [-0.4, -0.2) is 32.5 Å². The molecule has 0 saturated carbocycles. The fourth-order valence-electron chi connectivity index (χ4n) is 2.32. The summed E-state index contributed by atoms with van der Waals surface area (Å²) in [4.78, 5) is 11.9. The number of halogens is 1. The Morgan fingerprint density at radius 3 is 2.58 bits per heavy atom. The summed E-state index contributed by atoms with van der Waals surface area (Å²) in [6, 6.07) is 6.01. The van der Waals surface area contributed by atoms with Crippen LogP contribution in [0.1, 0.15) is 46.0 Å². The molecule has 0 radical (unpaired) electrons. The molecule has 0 spiro atoms. The molecule has 142 valence electrons. The first kappa shape index (κ1) is 20.2. The zero-order chi connectivity index (χ0) is 19.1. The van der Waals surface area contributed by atoms with Crippen LogP contribution in [-0.2, 0) is 11.3 Å². The second-order valence-electron chi connectivity index (χ2n) is 5.96. The van der Waals surface area contributed by atoms with E-state index >= 15 is 0 Å². The van der Waals surface area contributed by atoms with Gasteiger partial charge in [0.15, 0.2) is 17.1 Å². The fourth-order valence-corrected chi connectivity index (χ4v) is 3.14. The highest BCUT2D eigenvalue weighted by Crippen LogP contribution is 2.24. The summed E-state index contributed by atoms with van der Waals surface area (Å²) in [5.41, 5.74) is 0. The monoisotopic (exact) mass is 380 g/mol. The van der Waals surface area contributed by atoms with Crippen LogP contribution in [0.4, 0.5) is 4.39 Å². The Hall–Kier alpha value is -2.09. The molecule has 26 heavy (non-hydrogen) atoms. The van der Waals surface area contributed by atoms with E-state index in [4.69, 9.17) is 4.74 Å². The Kier molecular flexibility index (Phi) is 7.44. The summed E-state index contributed by atoms with van der Waals surface area (Å²) < 4.78 is 20.8. The molecule has 6 nitrogen and oxygen atoms in total. The molecular formula is C18H25FN4O2S. The number of aromatic nitrogens is 3. The quantitative estimate of drug-likeness (QED) is 0.674. The number of benzene rings is 1. The largest absolute Gasteiger partial charge is 0.483 e. The van der Waals surface area contributed by atoms with Crippen molar-refractivity contribution in [1.82, 2.24) is 20.1 Å². The molecule has 2 atom stereocenters. The van der Waals surface area contributed by atoms with Crippen molar-refractivity contribution in [3.8, 4) is 5.75 Å². The van der Waals surface area contributed by atoms with Gasteiger partial charge in [0, 0.05) is 12.6 Å². The zero-order valence-electron chi connectivity index (χ0n) is 15.5. The van der Waals surface area contributed by atoms with Gasteiger partial charge < -0.3 is 14.6 Å². The van der Waals surface area contributed by atoms with Gasteiger partial charge in [-0.15, -0.1) is 10.2 Å². The van der Waals surface area contributed by atoms with Crippen LogP contribution in [0.15, 0.2) is 29.4 Å². The fraction of sp³-hybridized carbons (Fsp3) is 0.500. The van der Waals surface area contributed by atoms with E-state index in [2.05, 4.69) is 15.5 Å². The van der Waals surface area contributed by atoms with Crippen LogP contribution in [0.3, 0.4) is 0 Å². The third kappa shape index (κ3) is 5.45. The van der Waals surface area contributed by atoms with Crippen molar-refractivity contribution in [2.45, 2.75) is 58.0 Å². The normalized spacial score (nSPS) is 13.3. The van der Waals surface area contributed by atoms with Crippen LogP contribution >= 0.6 is 11.8 Å². The number of rotatable bonds is 9. The highest BCUT2D eigenvalue weighted by atomic mass is 32.2. The van der Waals surface area contributed by atoms with Crippen LogP contribution in [0.2, 0.25) is 0 Å². The predicted octanol–water partition coefficient (Wildman–Crippen LogP) is 3.58. The Balaban J connectivity index is 2.02. The molecule has 2 aromatic rings. The summed E-state index contributed by atoms with van der Waals surface area (Å²) in [7, 11) is 0. The molecule has 8 heteroatoms. The Morgan fingerprint density at radius 1 is 1.27 bits per heavy atom. The lowest BCUT2D eigenvalue weighted by atomic mass is 10.3. The number of hydrogen-bond acceptors (Lipinski definition) is 5. The van der Waals surface area contributed by atoms with Crippen molar-refractivity contribution in [3.05, 3.63) is 35.9 Å². The minimum atomic E-state index is -0.351. The zero-order valence-corrected chi connectivity index (χ0v) is 16.3. The van der Waals surface area contributed by atoms with Gasteiger partial charge in [-0.05, 0) is 51.5 Å². The Morgan fingerprint density at radius 2 is 1.96 bits per heavy atom. The van der Waals surface area contributed by atoms with Gasteiger partial charge in [0.25, 0.3) is 0 Å². The highest BCUT2D eigenvalue weighted by molar-refractivity contribution is 7.99. The van der Waals surface area contributed by atoms with Gasteiger partial charge in [-0.1, -0.05) is 18.7 Å². The van der Waals surface area contributed by atoms with Gasteiger partial charge in [-0.3, -0.25) is 4.79 Å². The van der Waals surface area contributed by atoms with Crippen molar-refractivity contribution < 1.29 is 13.9 Å². The molecule has 2 unspecified atom stereocenters. The molecule has 1 aromatic carbocycles. The highest BCUT2D eigenvalue weighted by Gasteiger charge is 2.19. The van der Waals surface area contributed by atoms with Crippen molar-refractivity contribution >= 4 is 17.7 Å². The van der Waals surface area contributed by atoms with Gasteiger partial charge >= 0.3 is 0 Å². The third-order valence-electron chi connectivity index (χ3n) is 3.90. The maximum Gasteiger partial charge on any atom is 0.230 e. The van der Waals surface area contributed by atoms with E-state index in [1.807, 2.05) is 32.3 Å². The second kappa shape index (κ2) is 9.56. The van der Waals surface area contributed by atoms with E-state index < -0.39 is 0 Å². The lowest BCUT2D eigenvalue weighted by Gasteiger charge is -2.15. The van der Waals surface area contributed by atoms with Crippen LogP contribution in [0.5, 0.6) is 5.75 Å². The van der Waals surface area contributed by atoms with Crippen molar-refractivity contribution in [2.75, 3.05) is 5.75 Å². The molecule has 0 aliphatic heterocycles. The molecule has 0 fully saturated rings. The van der Waals surface area contributed by atoms with Crippen LogP contribution < -0.4 is 10.1 Å². The minimum Gasteiger partial charge on any atom is -0.483 e. The van der Waals surface area contributed by atoms with Crippen molar-refractivity contribution in [1.29, 1.82) is 0 Å². The molecule has 0 saturated heterocycles. The average molecular weight is 380 g/mol. The molecule has 1 N–H and O–H groups in total. The summed E-state index contributed by atoms with van der Waals surface area (Å²) in [5.74, 6) is 1.19. The van der Waals surface area contributed by atoms with E-state index in [9.17, 15) is 9.18 Å². The lowest BCUT2D eigenvalue weighted by molar-refractivity contribution is -0.119. The second-order valence-corrected chi connectivity index (χ2v) is 6.91. The standard InChI is InChI=1S/C18H25FN4O2S/c1-5-12(3)20-16(24)11-26-18-22-21-17(23(18)6-2)13(4)25-15-9-7-14(19)8-10-15/h7-10,12-13H,5-6,11H2,1-4H3,(H,20,24). The number of ether oxygens (including phenoxy) is 1.